The van der Waals surface area contributed by atoms with E-state index in [1.807, 2.05) is 0 Å². The van der Waals surface area contributed by atoms with Crippen molar-refractivity contribution in [2.24, 2.45) is 0 Å². The van der Waals surface area contributed by atoms with Crippen molar-refractivity contribution >= 4 is 0 Å². The molecule has 0 fully saturated rings. The first-order chi connectivity index (χ1) is 6.79. The van der Waals surface area contributed by atoms with Crippen molar-refractivity contribution in [1.29, 1.82) is 0 Å². The summed E-state index contributed by atoms with van der Waals surface area (Å²) in [7, 11) is 0. The molecule has 0 aromatic carbocycles. The van der Waals surface area contributed by atoms with E-state index in [1.165, 1.54) is 44.9 Å². The van der Waals surface area contributed by atoms with Gasteiger partial charge in [0.1, 0.15) is 0 Å². The van der Waals surface area contributed by atoms with E-state index < -0.39 is 0 Å². The van der Waals surface area contributed by atoms with E-state index in [1.54, 1.807) is 39.1 Å². The van der Waals surface area contributed by atoms with Crippen molar-refractivity contribution in [3.05, 3.63) is 20.5 Å². The van der Waals surface area contributed by atoms with Crippen molar-refractivity contribution in [2.75, 3.05) is 0 Å². The molecule has 1 heteroatoms. The molecule has 0 aromatic rings. The second kappa shape index (κ2) is 6.77. The van der Waals surface area contributed by atoms with Gasteiger partial charge in [0, 0.05) is 0 Å². The van der Waals surface area contributed by atoms with E-state index in [4.69, 9.17) is 0 Å². The monoisotopic (exact) mass is 267 g/mol. The maximum absolute atomic E-state index is 2.48. The molecule has 0 unspecified atom stereocenters. The van der Waals surface area contributed by atoms with Crippen LogP contribution in [0.4, 0.5) is 0 Å². The zero-order valence-electron chi connectivity index (χ0n) is 9.53. The van der Waals surface area contributed by atoms with Gasteiger partial charge in [0.25, 0.3) is 0 Å². The Labute approximate surface area is 104 Å². The van der Waals surface area contributed by atoms with Crippen LogP contribution < -0.4 is 0 Å². The molecule has 0 bridgehead atoms. The van der Waals surface area contributed by atoms with E-state index in [0.717, 1.165) is 0 Å². The van der Waals surface area contributed by atoms with Crippen LogP contribution in [-0.2, 0) is 24.7 Å². The molecule has 0 spiro atoms. The molecule has 0 nitrogen and oxygen atoms in total. The van der Waals surface area contributed by atoms with Gasteiger partial charge >= 0.3 is 104 Å². The van der Waals surface area contributed by atoms with E-state index in [9.17, 15) is 0 Å². The van der Waals surface area contributed by atoms with Crippen LogP contribution >= 0.6 is 0 Å². The molecule has 77 valence electrons. The number of unbranched alkanes of at least 4 members (excludes halogenated alkanes) is 2. The average Bonchev–Trinajstić information content (AvgIpc) is 2.53. The molecule has 0 saturated heterocycles. The Morgan fingerprint density at radius 3 is 2.43 bits per heavy atom. The maximum atomic E-state index is 2.48. The third-order valence-corrected chi connectivity index (χ3v) is 4.13. The van der Waals surface area contributed by atoms with E-state index in [-0.39, 0.29) is 0 Å². The fourth-order valence-electron chi connectivity index (χ4n) is 1.95. The van der Waals surface area contributed by atoms with Crippen LogP contribution in [0.5, 0.6) is 0 Å². The summed E-state index contributed by atoms with van der Waals surface area (Å²) in [5, 5.41) is 0. The van der Waals surface area contributed by atoms with Gasteiger partial charge in [-0.2, -0.15) is 0 Å². The Balaban J connectivity index is 2.50. The summed E-state index contributed by atoms with van der Waals surface area (Å²) in [6, 6.07) is 0. The van der Waals surface area contributed by atoms with Crippen molar-refractivity contribution in [2.45, 2.75) is 58.8 Å². The molecule has 0 radical (unpaired) electrons. The molecule has 1 rings (SSSR count). The first kappa shape index (κ1) is 12.4. The molecular formula is C13H21Zr. The van der Waals surface area contributed by atoms with Gasteiger partial charge in [-0.05, 0) is 0 Å². The fraction of sp³-hybridized carbons (Fsp3) is 0.692. The molecule has 0 N–H and O–H groups in total. The van der Waals surface area contributed by atoms with Gasteiger partial charge in [-0.25, -0.2) is 0 Å². The molecule has 1 aliphatic rings. The van der Waals surface area contributed by atoms with Crippen molar-refractivity contribution in [3.8, 4) is 0 Å². The van der Waals surface area contributed by atoms with Gasteiger partial charge in [0.15, 0.2) is 0 Å². The van der Waals surface area contributed by atoms with Crippen molar-refractivity contribution < 1.29 is 24.7 Å². The summed E-state index contributed by atoms with van der Waals surface area (Å²) in [6.07, 6.45) is 11.8. The van der Waals surface area contributed by atoms with Crippen LogP contribution in [0.25, 0.3) is 0 Å². The Morgan fingerprint density at radius 1 is 1.14 bits per heavy atom. The van der Waals surface area contributed by atoms with Crippen LogP contribution in [0.2, 0.25) is 0 Å². The molecule has 0 aliphatic heterocycles. The molecule has 0 saturated carbocycles. The van der Waals surface area contributed by atoms with Crippen LogP contribution in [0.1, 0.15) is 58.8 Å². The quantitative estimate of drug-likeness (QED) is 0.665. The van der Waals surface area contributed by atoms with Crippen LogP contribution in [-0.4, -0.2) is 0 Å². The van der Waals surface area contributed by atoms with Crippen LogP contribution in [0, 0.1) is 0 Å². The molecule has 0 atom stereocenters. The van der Waals surface area contributed by atoms with Gasteiger partial charge in [0.05, 0.1) is 0 Å². The summed E-state index contributed by atoms with van der Waals surface area (Å²) in [4.78, 5) is 0. The normalized spacial score (nSPS) is 16.2. The Bertz CT molecular complexity index is 236. The van der Waals surface area contributed by atoms with E-state index in [2.05, 4.69) is 19.9 Å². The number of hydrogen-bond acceptors (Lipinski definition) is 0. The first-order valence-electron chi connectivity index (χ1n) is 5.92. The Hall–Kier alpha value is 0.363. The molecule has 14 heavy (non-hydrogen) atoms. The summed E-state index contributed by atoms with van der Waals surface area (Å²) in [5.74, 6) is 0. The zero-order valence-corrected chi connectivity index (χ0v) is 12.0. The zero-order chi connectivity index (χ0) is 10.4. The molecule has 1 aliphatic carbocycles. The van der Waals surface area contributed by atoms with E-state index >= 15 is 0 Å². The van der Waals surface area contributed by atoms with E-state index in [0.29, 0.717) is 0 Å². The minimum atomic E-state index is 1.26. The third-order valence-electron chi connectivity index (χ3n) is 2.88. The van der Waals surface area contributed by atoms with Gasteiger partial charge < -0.3 is 0 Å². The predicted molar refractivity (Wildman–Crippen MR) is 58.8 cm³/mol. The Morgan fingerprint density at radius 2 is 1.79 bits per heavy atom. The minimum absolute atomic E-state index is 1.26. The summed E-state index contributed by atoms with van der Waals surface area (Å²) in [5.41, 5.74) is 3.42. The standard InChI is InChI=1S/C13H21.Zr/c1-3-5-8-12-10-7-11-13(12)9-6-4-2;/h10H,3-9H2,1-2H3;. The van der Waals surface area contributed by atoms with Gasteiger partial charge in [-0.3, -0.25) is 0 Å². The van der Waals surface area contributed by atoms with Gasteiger partial charge in [-0.1, -0.05) is 0 Å². The van der Waals surface area contributed by atoms with Crippen molar-refractivity contribution in [1.82, 2.24) is 0 Å². The number of rotatable bonds is 6. The number of hydrogen-bond donors (Lipinski definition) is 0. The van der Waals surface area contributed by atoms with Gasteiger partial charge in [-0.15, -0.1) is 0 Å². The molecule has 0 heterocycles. The average molecular weight is 269 g/mol. The summed E-state index contributed by atoms with van der Waals surface area (Å²) in [6.45, 7) is 4.57. The molecular weight excluding hydrogens is 247 g/mol. The first-order valence-corrected chi connectivity index (χ1v) is 7.15. The van der Waals surface area contributed by atoms with Gasteiger partial charge in [0.2, 0.25) is 0 Å². The predicted octanol–water partition coefficient (Wildman–Crippen LogP) is 4.50. The SMILES string of the molecule is CCCCC1=CC[C]([Zr])=C1CCCC. The second-order valence-corrected chi connectivity index (χ2v) is 5.58. The Kier molecular flexibility index (Phi) is 6.02. The van der Waals surface area contributed by atoms with Crippen LogP contribution in [0.3, 0.4) is 0 Å². The second-order valence-electron chi connectivity index (χ2n) is 4.10. The fourth-order valence-corrected chi connectivity index (χ4v) is 2.90. The summed E-state index contributed by atoms with van der Waals surface area (Å²) < 4.78 is 1.72. The molecule has 0 amide bonds. The molecule has 0 aromatic heterocycles. The van der Waals surface area contributed by atoms with Crippen LogP contribution in [0.15, 0.2) is 20.5 Å². The topological polar surface area (TPSA) is 0 Å². The number of allylic oxidation sites excluding steroid dienone is 4. The van der Waals surface area contributed by atoms with Crippen molar-refractivity contribution in [3.63, 3.8) is 0 Å². The summed E-state index contributed by atoms with van der Waals surface area (Å²) >= 11 is 1.64. The third kappa shape index (κ3) is 3.50.